The van der Waals surface area contributed by atoms with E-state index >= 15 is 0 Å². The molecule has 0 saturated heterocycles. The number of para-hydroxylation sites is 3. The Hall–Kier alpha value is -5.41. The topological polar surface area (TPSA) is 22.2 Å². The van der Waals surface area contributed by atoms with Crippen molar-refractivity contribution in [3.05, 3.63) is 175 Å². The van der Waals surface area contributed by atoms with Gasteiger partial charge in [0.25, 0.3) is 0 Å². The number of benzene rings is 7. The van der Waals surface area contributed by atoms with Crippen LogP contribution in [0, 0.1) is 6.92 Å². The Kier molecular flexibility index (Phi) is 7.06. The van der Waals surface area contributed by atoms with E-state index in [1.54, 1.807) is 10.4 Å². The summed E-state index contributed by atoms with van der Waals surface area (Å²) in [6.45, 7) is 4.66. The van der Waals surface area contributed by atoms with Crippen molar-refractivity contribution < 1.29 is 0 Å². The number of hydrogen-bond donors (Lipinski definition) is 0. The summed E-state index contributed by atoms with van der Waals surface area (Å²) < 4.78 is 4.65. The molecule has 1 atom stereocenters. The smallest absolute Gasteiger partial charge is 0.220 e. The lowest BCUT2D eigenvalue weighted by atomic mass is 10.2. The molecular formula is C45H35N3SSi2. The molecule has 1 unspecified atom stereocenters. The van der Waals surface area contributed by atoms with Crippen molar-refractivity contribution in [3.8, 4) is 5.69 Å². The average Bonchev–Trinajstić information content (AvgIpc) is 3.73. The van der Waals surface area contributed by atoms with Crippen LogP contribution in [-0.2, 0) is 0 Å². The van der Waals surface area contributed by atoms with Crippen molar-refractivity contribution in [2.24, 2.45) is 0 Å². The van der Waals surface area contributed by atoms with Crippen LogP contribution >= 0.6 is 11.8 Å². The molecule has 2 aromatic heterocycles. The summed E-state index contributed by atoms with van der Waals surface area (Å²) in [6, 6.07) is 63.6. The molecule has 0 aliphatic carbocycles. The quantitative estimate of drug-likeness (QED) is 0.150. The van der Waals surface area contributed by atoms with Crippen molar-refractivity contribution in [1.29, 1.82) is 0 Å². The molecule has 0 amide bonds. The second-order valence-corrected chi connectivity index (χ2v) is 21.1. The van der Waals surface area contributed by atoms with Crippen molar-refractivity contribution in [2.75, 3.05) is 0 Å². The maximum absolute atomic E-state index is 5.25. The Morgan fingerprint density at radius 2 is 1.14 bits per heavy atom. The molecule has 0 N–H and O–H groups in total. The minimum absolute atomic E-state index is 0.939. The van der Waals surface area contributed by atoms with Gasteiger partial charge in [0.1, 0.15) is 8.80 Å². The van der Waals surface area contributed by atoms with Gasteiger partial charge in [0.05, 0.1) is 22.1 Å². The molecule has 51 heavy (non-hydrogen) atoms. The predicted molar refractivity (Wildman–Crippen MR) is 221 cm³/mol. The van der Waals surface area contributed by atoms with E-state index in [1.807, 2.05) is 11.8 Å². The number of aryl methyl sites for hydroxylation is 1. The van der Waals surface area contributed by atoms with Gasteiger partial charge in [-0.25, -0.2) is 4.98 Å². The van der Waals surface area contributed by atoms with Gasteiger partial charge in [-0.1, -0.05) is 152 Å². The van der Waals surface area contributed by atoms with Crippen LogP contribution in [-0.4, -0.2) is 30.8 Å². The van der Waals surface area contributed by atoms with Gasteiger partial charge in [-0.3, -0.25) is 8.97 Å². The number of aromatic nitrogens is 3. The van der Waals surface area contributed by atoms with Gasteiger partial charge in [0.2, 0.25) is 5.78 Å². The van der Waals surface area contributed by atoms with Crippen LogP contribution in [0.3, 0.4) is 0 Å². The summed E-state index contributed by atoms with van der Waals surface area (Å²) in [5, 5.41) is 8.76. The molecule has 3 nitrogen and oxygen atoms in total. The largest absolute Gasteiger partial charge is 0.278 e. The zero-order valence-electron chi connectivity index (χ0n) is 28.5. The van der Waals surface area contributed by atoms with E-state index in [9.17, 15) is 0 Å². The van der Waals surface area contributed by atoms with Crippen molar-refractivity contribution >= 4 is 87.6 Å². The standard InChI is InChI=1S/C45H35N3SSi2/c1-31-15-13-22-38-43(31)46-45-47(36-20-9-10-21-37(36)48(38)45)32-27-29-35(30-28-32)51(33-16-5-3-6-17-33,34-18-7-4-8-19-34)42-26-14-25-41-44(42)49-39-23-11-12-24-40(39)50(41)2/h3-30,50H,1-2H3. The van der Waals surface area contributed by atoms with Crippen LogP contribution in [0.15, 0.2) is 180 Å². The van der Waals surface area contributed by atoms with Gasteiger partial charge in [0.15, 0.2) is 8.07 Å². The molecule has 6 heteroatoms. The molecule has 3 heterocycles. The van der Waals surface area contributed by atoms with Gasteiger partial charge in [0, 0.05) is 15.5 Å². The Morgan fingerprint density at radius 3 is 1.88 bits per heavy atom. The highest BCUT2D eigenvalue weighted by Crippen LogP contribution is 2.32. The van der Waals surface area contributed by atoms with Crippen molar-refractivity contribution in [1.82, 2.24) is 14.0 Å². The molecule has 10 rings (SSSR count). The molecule has 0 radical (unpaired) electrons. The average molecular weight is 706 g/mol. The van der Waals surface area contributed by atoms with Crippen molar-refractivity contribution in [3.63, 3.8) is 0 Å². The van der Waals surface area contributed by atoms with Crippen LogP contribution in [0.5, 0.6) is 0 Å². The fourth-order valence-corrected chi connectivity index (χ4v) is 18.6. The third kappa shape index (κ3) is 4.47. The molecule has 0 bridgehead atoms. The minimum Gasteiger partial charge on any atom is -0.278 e. The van der Waals surface area contributed by atoms with E-state index in [0.717, 1.165) is 33.5 Å². The summed E-state index contributed by atoms with van der Waals surface area (Å²) in [4.78, 5) is 8.14. The molecule has 244 valence electrons. The molecular weight excluding hydrogens is 671 g/mol. The Labute approximate surface area is 304 Å². The van der Waals surface area contributed by atoms with E-state index in [4.69, 9.17) is 4.98 Å². The lowest BCUT2D eigenvalue weighted by molar-refractivity contribution is 1.11. The second-order valence-electron chi connectivity index (χ2n) is 13.6. The number of nitrogens with zero attached hydrogens (tertiary/aromatic N) is 3. The zero-order chi connectivity index (χ0) is 34.1. The molecule has 0 fully saturated rings. The highest BCUT2D eigenvalue weighted by atomic mass is 32.2. The second kappa shape index (κ2) is 11.8. The van der Waals surface area contributed by atoms with Gasteiger partial charge < -0.3 is 0 Å². The third-order valence-corrected chi connectivity index (χ3v) is 20.4. The Morgan fingerprint density at radius 1 is 0.549 bits per heavy atom. The van der Waals surface area contributed by atoms with Gasteiger partial charge >= 0.3 is 0 Å². The SMILES string of the molecule is Cc1cccc2c1nc1n(-c3ccc([Si](c4ccccc4)(c4ccccc4)c4cccc5c4Sc4ccccc4[SiH]5C)cc3)c3ccccc3n21. The highest BCUT2D eigenvalue weighted by Gasteiger charge is 2.44. The van der Waals surface area contributed by atoms with Crippen LogP contribution in [0.4, 0.5) is 0 Å². The van der Waals surface area contributed by atoms with E-state index < -0.39 is 16.9 Å². The first kappa shape index (κ1) is 30.4. The van der Waals surface area contributed by atoms with Crippen molar-refractivity contribution in [2.45, 2.75) is 23.3 Å². The first-order valence-electron chi connectivity index (χ1n) is 17.6. The fourth-order valence-electron chi connectivity index (χ4n) is 8.54. The number of imidazole rings is 2. The minimum atomic E-state index is -2.81. The number of fused-ring (bicyclic) bond motifs is 7. The van der Waals surface area contributed by atoms with E-state index in [-0.39, 0.29) is 0 Å². The summed E-state index contributed by atoms with van der Waals surface area (Å²) in [7, 11) is -4.20. The maximum Gasteiger partial charge on any atom is 0.220 e. The number of rotatable bonds is 5. The molecule has 9 aromatic rings. The van der Waals surface area contributed by atoms with Gasteiger partial charge in [-0.2, -0.15) is 0 Å². The molecule has 0 spiro atoms. The summed E-state index contributed by atoms with van der Waals surface area (Å²) in [5.41, 5.74) is 6.80. The third-order valence-electron chi connectivity index (χ3n) is 10.9. The lowest BCUT2D eigenvalue weighted by Crippen LogP contribution is -2.75. The first-order chi connectivity index (χ1) is 25.1. The first-order valence-corrected chi connectivity index (χ1v) is 22.8. The van der Waals surface area contributed by atoms with E-state index in [1.165, 1.54) is 36.1 Å². The lowest BCUT2D eigenvalue weighted by Gasteiger charge is -2.38. The van der Waals surface area contributed by atoms with Gasteiger partial charge in [-0.15, -0.1) is 0 Å². The number of hydrogen-bond acceptors (Lipinski definition) is 2. The fraction of sp³-hybridized carbons (Fsp3) is 0.0444. The van der Waals surface area contributed by atoms with Crippen LogP contribution in [0.2, 0.25) is 6.55 Å². The Bertz CT molecular complexity index is 2710. The highest BCUT2D eigenvalue weighted by molar-refractivity contribution is 8.00. The molecule has 7 aromatic carbocycles. The molecule has 1 aliphatic heterocycles. The predicted octanol–water partition coefficient (Wildman–Crippen LogP) is 6.55. The summed E-state index contributed by atoms with van der Waals surface area (Å²) in [5.74, 6) is 0.939. The van der Waals surface area contributed by atoms with E-state index in [0.29, 0.717) is 0 Å². The van der Waals surface area contributed by atoms with Gasteiger partial charge in [-0.05, 0) is 80.0 Å². The monoisotopic (exact) mass is 705 g/mol. The van der Waals surface area contributed by atoms with Crippen LogP contribution in [0.1, 0.15) is 5.56 Å². The van der Waals surface area contributed by atoms with Crippen LogP contribution < -0.4 is 31.1 Å². The summed E-state index contributed by atoms with van der Waals surface area (Å²) in [6.07, 6.45) is 0. The Balaban J connectivity index is 1.24. The molecule has 1 aliphatic rings. The zero-order valence-corrected chi connectivity index (χ0v) is 31.5. The molecule has 0 saturated carbocycles. The van der Waals surface area contributed by atoms with Crippen LogP contribution in [0.25, 0.3) is 33.5 Å². The summed E-state index contributed by atoms with van der Waals surface area (Å²) >= 11 is 1.99. The maximum atomic E-state index is 5.25. The van der Waals surface area contributed by atoms with E-state index in [2.05, 4.69) is 192 Å². The normalized spacial score (nSPS) is 14.2.